The van der Waals surface area contributed by atoms with E-state index in [9.17, 15) is 0 Å². The van der Waals surface area contributed by atoms with Crippen molar-refractivity contribution in [3.63, 3.8) is 0 Å². The van der Waals surface area contributed by atoms with Crippen LogP contribution in [0.5, 0.6) is 0 Å². The molecule has 0 aliphatic carbocycles. The summed E-state index contributed by atoms with van der Waals surface area (Å²) in [7, 11) is 0. The zero-order valence-corrected chi connectivity index (χ0v) is 20.6. The van der Waals surface area contributed by atoms with Crippen molar-refractivity contribution in [2.45, 2.75) is 6.42 Å². The van der Waals surface area contributed by atoms with Crippen LogP contribution in [0.15, 0.2) is 152 Å². The molecule has 1 heterocycles. The Morgan fingerprint density at radius 2 is 1.22 bits per heavy atom. The largest absolute Gasteiger partial charge is 0.264 e. The topological polar surface area (TPSA) is 12.9 Å². The highest BCUT2D eigenvalue weighted by molar-refractivity contribution is 5.87. The van der Waals surface area contributed by atoms with E-state index in [1.807, 2.05) is 18.5 Å². The molecule has 0 aliphatic rings. The van der Waals surface area contributed by atoms with E-state index in [2.05, 4.69) is 138 Å². The molecule has 0 aliphatic heterocycles. The van der Waals surface area contributed by atoms with Gasteiger partial charge in [0.15, 0.2) is 0 Å². The van der Waals surface area contributed by atoms with Crippen molar-refractivity contribution in [1.29, 1.82) is 0 Å². The molecule has 6 aromatic rings. The van der Waals surface area contributed by atoms with Crippen LogP contribution < -0.4 is 0 Å². The highest BCUT2D eigenvalue weighted by Gasteiger charge is 2.08. The van der Waals surface area contributed by atoms with Gasteiger partial charge in [-0.05, 0) is 74.3 Å². The summed E-state index contributed by atoms with van der Waals surface area (Å²) in [5, 5.41) is 2.54. The number of allylic oxidation sites excluding steroid dienone is 1. The molecule has 37 heavy (non-hydrogen) atoms. The lowest BCUT2D eigenvalue weighted by Crippen LogP contribution is -1.92. The molecule has 0 N–H and O–H groups in total. The van der Waals surface area contributed by atoms with Gasteiger partial charge in [-0.15, -0.1) is 0 Å². The molecule has 0 bridgehead atoms. The Kier molecular flexibility index (Phi) is 6.43. The van der Waals surface area contributed by atoms with Crippen molar-refractivity contribution < 1.29 is 0 Å². The third-order valence-corrected chi connectivity index (χ3v) is 6.80. The third kappa shape index (κ3) is 5.12. The predicted octanol–water partition coefficient (Wildman–Crippen LogP) is 9.24. The van der Waals surface area contributed by atoms with Crippen LogP contribution in [-0.2, 0) is 6.42 Å². The number of pyridine rings is 1. The predicted molar refractivity (Wildman–Crippen MR) is 156 cm³/mol. The lowest BCUT2D eigenvalue weighted by Gasteiger charge is -2.12. The van der Waals surface area contributed by atoms with Gasteiger partial charge in [0.25, 0.3) is 0 Å². The van der Waals surface area contributed by atoms with E-state index in [0.717, 1.165) is 12.0 Å². The average molecular weight is 474 g/mol. The maximum Gasteiger partial charge on any atom is 0.0346 e. The highest BCUT2D eigenvalue weighted by atomic mass is 14.6. The Morgan fingerprint density at radius 3 is 2.05 bits per heavy atom. The van der Waals surface area contributed by atoms with E-state index in [4.69, 9.17) is 0 Å². The minimum absolute atomic E-state index is 0.850. The fraction of sp³-hybridized carbons (Fsp3) is 0.0278. The molecular formula is C36H27N. The summed E-state index contributed by atoms with van der Waals surface area (Å²) in [5.41, 5.74) is 9.75. The summed E-state index contributed by atoms with van der Waals surface area (Å²) in [5.74, 6) is 0. The third-order valence-electron chi connectivity index (χ3n) is 6.80. The SMILES string of the molecule is C(/Cc1cccc(-c2ccc3ccccc3c2)c1)=C(/c1ccccc1)c1cccc(-c2cccnc2)c1. The summed E-state index contributed by atoms with van der Waals surface area (Å²) in [6.07, 6.45) is 6.94. The molecule has 0 radical (unpaired) electrons. The van der Waals surface area contributed by atoms with Crippen LogP contribution in [0, 0.1) is 0 Å². The Balaban J connectivity index is 1.35. The number of fused-ring (bicyclic) bond motifs is 1. The quantitative estimate of drug-likeness (QED) is 0.235. The van der Waals surface area contributed by atoms with Crippen LogP contribution in [0.2, 0.25) is 0 Å². The van der Waals surface area contributed by atoms with Crippen molar-refractivity contribution in [3.05, 3.63) is 169 Å². The van der Waals surface area contributed by atoms with Gasteiger partial charge < -0.3 is 0 Å². The number of nitrogens with zero attached hydrogens (tertiary/aromatic N) is 1. The molecule has 5 aromatic carbocycles. The van der Waals surface area contributed by atoms with Crippen molar-refractivity contribution in [2.75, 3.05) is 0 Å². The van der Waals surface area contributed by atoms with Gasteiger partial charge >= 0.3 is 0 Å². The van der Waals surface area contributed by atoms with Crippen molar-refractivity contribution in [3.8, 4) is 22.3 Å². The summed E-state index contributed by atoms with van der Waals surface area (Å²) in [6.45, 7) is 0. The summed E-state index contributed by atoms with van der Waals surface area (Å²) in [6, 6.07) is 47.6. The van der Waals surface area contributed by atoms with Gasteiger partial charge in [0.05, 0.1) is 0 Å². The summed E-state index contributed by atoms with van der Waals surface area (Å²) in [4.78, 5) is 4.31. The van der Waals surface area contributed by atoms with Crippen molar-refractivity contribution in [2.24, 2.45) is 0 Å². The molecule has 0 unspecified atom stereocenters. The fourth-order valence-electron chi connectivity index (χ4n) is 4.89. The van der Waals surface area contributed by atoms with E-state index in [1.54, 1.807) is 0 Å². The monoisotopic (exact) mass is 473 g/mol. The molecule has 0 saturated carbocycles. The van der Waals surface area contributed by atoms with Gasteiger partial charge in [0.1, 0.15) is 0 Å². The van der Waals surface area contributed by atoms with Gasteiger partial charge in [-0.2, -0.15) is 0 Å². The van der Waals surface area contributed by atoms with Gasteiger partial charge in [-0.1, -0.05) is 121 Å². The van der Waals surface area contributed by atoms with Crippen LogP contribution in [0.1, 0.15) is 16.7 Å². The molecule has 1 heteroatoms. The highest BCUT2D eigenvalue weighted by Crippen LogP contribution is 2.29. The number of benzene rings is 5. The first kappa shape index (κ1) is 22.7. The van der Waals surface area contributed by atoms with E-state index in [1.165, 1.54) is 49.7 Å². The molecule has 0 amide bonds. The summed E-state index contributed by atoms with van der Waals surface area (Å²) >= 11 is 0. The van der Waals surface area contributed by atoms with Gasteiger partial charge in [-0.3, -0.25) is 4.98 Å². The zero-order valence-electron chi connectivity index (χ0n) is 20.6. The van der Waals surface area contributed by atoms with Gasteiger partial charge in [0, 0.05) is 18.0 Å². The maximum atomic E-state index is 4.31. The minimum atomic E-state index is 0.850. The average Bonchev–Trinajstić information content (AvgIpc) is 2.98. The fourth-order valence-corrected chi connectivity index (χ4v) is 4.89. The minimum Gasteiger partial charge on any atom is -0.264 e. The lowest BCUT2D eigenvalue weighted by atomic mass is 9.93. The smallest absolute Gasteiger partial charge is 0.0346 e. The molecule has 176 valence electrons. The molecule has 0 saturated heterocycles. The van der Waals surface area contributed by atoms with Crippen molar-refractivity contribution >= 4 is 16.3 Å². The summed E-state index contributed by atoms with van der Waals surface area (Å²) < 4.78 is 0. The second-order valence-electron chi connectivity index (χ2n) is 9.27. The first-order valence-corrected chi connectivity index (χ1v) is 12.7. The standard InChI is InChI=1S/C36H27N/c1-2-11-29(12-3-1)36(34-16-7-15-32(25-34)35-17-8-22-37-26-35)21-18-27-9-6-14-30(23-27)33-20-19-28-10-4-5-13-31(28)24-33/h1-17,19-26H,18H2/b36-21+. The van der Waals surface area contributed by atoms with Crippen LogP contribution in [0.25, 0.3) is 38.6 Å². The second-order valence-corrected chi connectivity index (χ2v) is 9.27. The maximum absolute atomic E-state index is 4.31. The molecule has 1 aromatic heterocycles. The number of hydrogen-bond donors (Lipinski definition) is 0. The number of rotatable bonds is 6. The first-order valence-electron chi connectivity index (χ1n) is 12.7. The van der Waals surface area contributed by atoms with Crippen LogP contribution in [0.4, 0.5) is 0 Å². The van der Waals surface area contributed by atoms with Gasteiger partial charge in [-0.25, -0.2) is 0 Å². The Morgan fingerprint density at radius 1 is 0.514 bits per heavy atom. The first-order chi connectivity index (χ1) is 18.3. The van der Waals surface area contributed by atoms with E-state index < -0.39 is 0 Å². The Hall–Kier alpha value is -4.75. The van der Waals surface area contributed by atoms with Gasteiger partial charge in [0.2, 0.25) is 0 Å². The van der Waals surface area contributed by atoms with Crippen LogP contribution >= 0.6 is 0 Å². The van der Waals surface area contributed by atoms with E-state index >= 15 is 0 Å². The van der Waals surface area contributed by atoms with Crippen LogP contribution in [-0.4, -0.2) is 4.98 Å². The molecule has 0 atom stereocenters. The zero-order chi connectivity index (χ0) is 24.9. The number of hydrogen-bond acceptors (Lipinski definition) is 1. The Bertz CT molecular complexity index is 1680. The number of aromatic nitrogens is 1. The van der Waals surface area contributed by atoms with Crippen LogP contribution in [0.3, 0.4) is 0 Å². The molecule has 1 nitrogen and oxygen atoms in total. The normalized spacial score (nSPS) is 11.5. The van der Waals surface area contributed by atoms with E-state index in [0.29, 0.717) is 0 Å². The molecule has 0 spiro atoms. The molecule has 0 fully saturated rings. The second kappa shape index (κ2) is 10.5. The van der Waals surface area contributed by atoms with E-state index in [-0.39, 0.29) is 0 Å². The Labute approximate surface area is 218 Å². The lowest BCUT2D eigenvalue weighted by molar-refractivity contribution is 1.27. The molecule has 6 rings (SSSR count). The van der Waals surface area contributed by atoms with Crippen molar-refractivity contribution in [1.82, 2.24) is 4.98 Å². The molecular weight excluding hydrogens is 446 g/mol.